The van der Waals surface area contributed by atoms with Crippen LogP contribution in [0.1, 0.15) is 25.0 Å². The molecule has 1 rings (SSSR count). The van der Waals surface area contributed by atoms with E-state index in [1.807, 2.05) is 19.9 Å². The van der Waals surface area contributed by atoms with Crippen molar-refractivity contribution in [1.82, 2.24) is 0 Å². The molecule has 3 nitrogen and oxygen atoms in total. The zero-order valence-electron chi connectivity index (χ0n) is 9.32. The molecule has 79 valence electrons. The molecule has 1 aromatic rings. The second kappa shape index (κ2) is 6.01. The van der Waals surface area contributed by atoms with E-state index in [1.165, 1.54) is 6.07 Å². The minimum absolute atomic E-state index is 0. The van der Waals surface area contributed by atoms with Crippen LogP contribution in [0.4, 0.5) is 0 Å². The first kappa shape index (κ1) is 15.1. The molecule has 1 N–H and O–H groups in total. The van der Waals surface area contributed by atoms with Crippen LogP contribution in [0.15, 0.2) is 23.1 Å². The predicted octanol–water partition coefficient (Wildman–Crippen LogP) is 1.68. The minimum Gasteiger partial charge on any atom is -0.282 e. The average molecular weight is 237 g/mol. The van der Waals surface area contributed by atoms with Gasteiger partial charge in [-0.2, -0.15) is 8.42 Å². The number of rotatable bonds is 3. The summed E-state index contributed by atoms with van der Waals surface area (Å²) in [5.41, 5.74) is 1.69. The SMILES string of the molecule is CCc1cccc(S(=O)(=O)O)c1CC.[Na]. The number of hydrogen-bond donors (Lipinski definition) is 1. The zero-order chi connectivity index (χ0) is 10.8. The second-order valence-corrected chi connectivity index (χ2v) is 4.47. The maximum atomic E-state index is 11.0. The van der Waals surface area contributed by atoms with Gasteiger partial charge in [-0.1, -0.05) is 26.0 Å². The van der Waals surface area contributed by atoms with Gasteiger partial charge >= 0.3 is 0 Å². The van der Waals surface area contributed by atoms with Crippen molar-refractivity contribution in [3.05, 3.63) is 29.3 Å². The van der Waals surface area contributed by atoms with Gasteiger partial charge in [-0.25, -0.2) is 0 Å². The van der Waals surface area contributed by atoms with Crippen molar-refractivity contribution in [2.75, 3.05) is 0 Å². The maximum Gasteiger partial charge on any atom is 0.294 e. The fraction of sp³-hybridized carbons (Fsp3) is 0.400. The van der Waals surface area contributed by atoms with Gasteiger partial charge in [-0.3, -0.25) is 4.55 Å². The largest absolute Gasteiger partial charge is 0.294 e. The zero-order valence-corrected chi connectivity index (χ0v) is 12.1. The molecule has 0 amide bonds. The van der Waals surface area contributed by atoms with Crippen molar-refractivity contribution < 1.29 is 13.0 Å². The fourth-order valence-electron chi connectivity index (χ4n) is 1.59. The van der Waals surface area contributed by atoms with Gasteiger partial charge in [0.05, 0.1) is 4.90 Å². The Kier molecular flexibility index (Phi) is 6.06. The molecule has 0 bridgehead atoms. The van der Waals surface area contributed by atoms with Crippen LogP contribution in [0, 0.1) is 0 Å². The molecule has 1 radical (unpaired) electrons. The van der Waals surface area contributed by atoms with Crippen molar-refractivity contribution in [2.24, 2.45) is 0 Å². The Morgan fingerprint density at radius 3 is 2.20 bits per heavy atom. The third kappa shape index (κ3) is 3.57. The van der Waals surface area contributed by atoms with Gasteiger partial charge in [0, 0.05) is 29.6 Å². The van der Waals surface area contributed by atoms with Gasteiger partial charge in [0.25, 0.3) is 10.1 Å². The molecule has 5 heteroatoms. The summed E-state index contributed by atoms with van der Waals surface area (Å²) < 4.78 is 31.1. The van der Waals surface area contributed by atoms with E-state index in [4.69, 9.17) is 4.55 Å². The van der Waals surface area contributed by atoms with Crippen LogP contribution in [0.25, 0.3) is 0 Å². The van der Waals surface area contributed by atoms with E-state index in [-0.39, 0.29) is 34.5 Å². The van der Waals surface area contributed by atoms with Gasteiger partial charge < -0.3 is 0 Å². The Morgan fingerprint density at radius 2 is 1.80 bits per heavy atom. The Bertz CT molecular complexity index is 426. The van der Waals surface area contributed by atoms with Crippen molar-refractivity contribution in [3.8, 4) is 0 Å². The van der Waals surface area contributed by atoms with Crippen LogP contribution in [0.3, 0.4) is 0 Å². The first-order valence-electron chi connectivity index (χ1n) is 4.59. The van der Waals surface area contributed by atoms with E-state index < -0.39 is 10.1 Å². The van der Waals surface area contributed by atoms with E-state index in [0.29, 0.717) is 6.42 Å². The molecule has 0 saturated heterocycles. The second-order valence-electron chi connectivity index (χ2n) is 3.08. The molecule has 0 heterocycles. The molecule has 0 aliphatic carbocycles. The first-order valence-corrected chi connectivity index (χ1v) is 6.03. The molecule has 15 heavy (non-hydrogen) atoms. The normalized spacial score (nSPS) is 10.9. The van der Waals surface area contributed by atoms with E-state index >= 15 is 0 Å². The maximum absolute atomic E-state index is 11.0. The molecule has 0 spiro atoms. The topological polar surface area (TPSA) is 54.4 Å². The third-order valence-electron chi connectivity index (χ3n) is 2.24. The molecule has 0 aliphatic heterocycles. The summed E-state index contributed by atoms with van der Waals surface area (Å²) in [7, 11) is -4.08. The molecular weight excluding hydrogens is 223 g/mol. The van der Waals surface area contributed by atoms with Gasteiger partial charge in [0.1, 0.15) is 0 Å². The molecule has 0 aliphatic rings. The Balaban J connectivity index is 0.00000196. The quantitative estimate of drug-likeness (QED) is 0.642. The molecule has 0 saturated carbocycles. The van der Waals surface area contributed by atoms with Crippen LogP contribution in [-0.2, 0) is 23.0 Å². The van der Waals surface area contributed by atoms with Crippen molar-refractivity contribution >= 4 is 39.7 Å². The predicted molar refractivity (Wildman–Crippen MR) is 60.8 cm³/mol. The summed E-state index contributed by atoms with van der Waals surface area (Å²) in [6.45, 7) is 3.84. The van der Waals surface area contributed by atoms with Crippen molar-refractivity contribution in [2.45, 2.75) is 31.6 Å². The van der Waals surface area contributed by atoms with Crippen molar-refractivity contribution in [3.63, 3.8) is 0 Å². The number of aryl methyl sites for hydroxylation is 1. The van der Waals surface area contributed by atoms with Gasteiger partial charge in [0.15, 0.2) is 0 Å². The third-order valence-corrected chi connectivity index (χ3v) is 3.18. The summed E-state index contributed by atoms with van der Waals surface area (Å²) >= 11 is 0. The Hall–Kier alpha value is 0.130. The molecule has 0 aromatic heterocycles. The average Bonchev–Trinajstić information content (AvgIpc) is 2.15. The van der Waals surface area contributed by atoms with Gasteiger partial charge in [-0.05, 0) is 30.0 Å². The van der Waals surface area contributed by atoms with Gasteiger partial charge in [0.2, 0.25) is 0 Å². The monoisotopic (exact) mass is 237 g/mol. The summed E-state index contributed by atoms with van der Waals surface area (Å²) in [5.74, 6) is 0. The minimum atomic E-state index is -4.08. The van der Waals surface area contributed by atoms with E-state index in [2.05, 4.69) is 0 Å². The molecule has 0 atom stereocenters. The van der Waals surface area contributed by atoms with Crippen molar-refractivity contribution in [1.29, 1.82) is 0 Å². The smallest absolute Gasteiger partial charge is 0.282 e. The van der Waals surface area contributed by atoms with Crippen LogP contribution in [0.5, 0.6) is 0 Å². The van der Waals surface area contributed by atoms with E-state index in [9.17, 15) is 8.42 Å². The molecule has 0 fully saturated rings. The standard InChI is InChI=1S/C10H14O3S.Na/c1-3-8-6-5-7-10(9(8)4-2)14(11,12)13;/h5-7H,3-4H2,1-2H3,(H,11,12,13);. The summed E-state index contributed by atoms with van der Waals surface area (Å²) in [6.07, 6.45) is 1.38. The van der Waals surface area contributed by atoms with Crippen LogP contribution in [-0.4, -0.2) is 42.5 Å². The molecular formula is C10H14NaO3S. The Morgan fingerprint density at radius 1 is 1.20 bits per heavy atom. The summed E-state index contributed by atoms with van der Waals surface area (Å²) in [4.78, 5) is 0.0411. The van der Waals surface area contributed by atoms with Crippen LogP contribution >= 0.6 is 0 Å². The first-order chi connectivity index (χ1) is 6.50. The Labute approximate surface area is 113 Å². The van der Waals surface area contributed by atoms with Crippen LogP contribution in [0.2, 0.25) is 0 Å². The van der Waals surface area contributed by atoms with E-state index in [0.717, 1.165) is 17.5 Å². The fourth-order valence-corrected chi connectivity index (χ4v) is 2.42. The number of hydrogen-bond acceptors (Lipinski definition) is 2. The summed E-state index contributed by atoms with van der Waals surface area (Å²) in [5, 5.41) is 0. The molecule has 1 aromatic carbocycles. The number of benzene rings is 1. The van der Waals surface area contributed by atoms with Crippen LogP contribution < -0.4 is 0 Å². The van der Waals surface area contributed by atoms with Gasteiger partial charge in [-0.15, -0.1) is 0 Å². The van der Waals surface area contributed by atoms with E-state index in [1.54, 1.807) is 6.07 Å². The summed E-state index contributed by atoms with van der Waals surface area (Å²) in [6, 6.07) is 4.97. The molecule has 0 unspecified atom stereocenters.